The Bertz CT molecular complexity index is 1280. The number of aryl methyl sites for hydroxylation is 1. The van der Waals surface area contributed by atoms with E-state index in [1.165, 1.54) is 18.2 Å². The summed E-state index contributed by atoms with van der Waals surface area (Å²) in [6.45, 7) is 1.99. The number of carbonyl (C=O) groups is 2. The lowest BCUT2D eigenvalue weighted by atomic mass is 10.1. The van der Waals surface area contributed by atoms with Crippen molar-refractivity contribution in [1.29, 1.82) is 0 Å². The van der Waals surface area contributed by atoms with Crippen LogP contribution in [0.2, 0.25) is 0 Å². The second-order valence-corrected chi connectivity index (χ2v) is 8.03. The summed E-state index contributed by atoms with van der Waals surface area (Å²) in [5.74, 6) is -2.26. The molecule has 2 heterocycles. The Kier molecular flexibility index (Phi) is 6.48. The van der Waals surface area contributed by atoms with Crippen LogP contribution in [0.4, 0.5) is 23.8 Å². The third-order valence-electron chi connectivity index (χ3n) is 5.63. The van der Waals surface area contributed by atoms with Gasteiger partial charge in [0.2, 0.25) is 0 Å². The Balaban J connectivity index is 1.81. The molecule has 0 aliphatic carbocycles. The second kappa shape index (κ2) is 9.37. The van der Waals surface area contributed by atoms with Gasteiger partial charge in [0.1, 0.15) is 11.6 Å². The monoisotopic (exact) mass is 490 g/mol. The minimum Gasteiger partial charge on any atom is -0.465 e. The van der Waals surface area contributed by atoms with Gasteiger partial charge in [-0.3, -0.25) is 4.90 Å². The van der Waals surface area contributed by atoms with E-state index >= 15 is 0 Å². The Hall–Kier alpha value is -3.93. The highest BCUT2D eigenvalue weighted by Gasteiger charge is 2.42. The number of rotatable bonds is 4. The molecule has 2 aromatic carbocycles. The van der Waals surface area contributed by atoms with Gasteiger partial charge in [-0.1, -0.05) is 18.2 Å². The van der Waals surface area contributed by atoms with Gasteiger partial charge in [0.05, 0.1) is 23.7 Å². The van der Waals surface area contributed by atoms with Crippen LogP contribution in [0, 0.1) is 6.92 Å². The van der Waals surface area contributed by atoms with Gasteiger partial charge in [0.15, 0.2) is 5.82 Å². The number of aromatic nitrogens is 2. The van der Waals surface area contributed by atoms with E-state index in [0.29, 0.717) is 16.7 Å². The lowest BCUT2D eigenvalue weighted by Gasteiger charge is -2.40. The molecule has 35 heavy (non-hydrogen) atoms. The molecule has 184 valence electrons. The molecule has 9 nitrogen and oxygen atoms in total. The van der Waals surface area contributed by atoms with E-state index in [0.717, 1.165) is 10.5 Å². The van der Waals surface area contributed by atoms with Crippen LogP contribution in [0.3, 0.4) is 0 Å². The number of amides is 1. The quantitative estimate of drug-likeness (QED) is 0.423. The number of ether oxygens (including phenoxy) is 1. The van der Waals surface area contributed by atoms with Crippen LogP contribution in [-0.4, -0.2) is 75.6 Å². The van der Waals surface area contributed by atoms with E-state index in [4.69, 9.17) is 0 Å². The van der Waals surface area contributed by atoms with Crippen molar-refractivity contribution in [2.45, 2.75) is 19.1 Å². The summed E-state index contributed by atoms with van der Waals surface area (Å²) >= 11 is 0. The van der Waals surface area contributed by atoms with Crippen molar-refractivity contribution in [1.82, 2.24) is 14.9 Å². The predicted molar refractivity (Wildman–Crippen MR) is 119 cm³/mol. The number of aliphatic hydroxyl groups is 1. The van der Waals surface area contributed by atoms with Crippen LogP contribution >= 0.6 is 0 Å². The first-order valence-corrected chi connectivity index (χ1v) is 10.6. The van der Waals surface area contributed by atoms with Crippen molar-refractivity contribution in [2.75, 3.05) is 31.1 Å². The minimum atomic E-state index is -5.18. The number of anilines is 1. The first kappa shape index (κ1) is 24.2. The number of alkyl halides is 3. The average Bonchev–Trinajstić information content (AvgIpc) is 2.82. The van der Waals surface area contributed by atoms with E-state index in [2.05, 4.69) is 14.7 Å². The SMILES string of the molecule is Cc1ccc2c(N3CCN(C(=O)O)C(CO)C3)nc(-c3ccccc3OC(=O)C(F)(F)F)nc2c1. The molecular weight excluding hydrogens is 469 g/mol. The number of para-hydroxylation sites is 1. The zero-order chi connectivity index (χ0) is 25.3. The maximum absolute atomic E-state index is 12.8. The Labute approximate surface area is 197 Å². The maximum atomic E-state index is 12.8. The standard InChI is InChI=1S/C23H21F3N4O5/c1-13-6-7-15-17(10-13)27-19(16-4-2-3-5-18(16)35-21(32)23(24,25)26)28-20(15)29-8-9-30(22(33)34)14(11-29)12-31/h2-7,10,14,31H,8-9,11-12H2,1H3,(H,33,34). The topological polar surface area (TPSA) is 116 Å². The molecule has 1 fully saturated rings. The number of carboxylic acid groups (broad SMARTS) is 1. The lowest BCUT2D eigenvalue weighted by Crippen LogP contribution is -2.56. The number of carbonyl (C=O) groups excluding carboxylic acids is 1. The third kappa shape index (κ3) is 4.97. The Morgan fingerprint density at radius 1 is 1.14 bits per heavy atom. The molecule has 3 aromatic rings. The summed E-state index contributed by atoms with van der Waals surface area (Å²) < 4.78 is 43.0. The van der Waals surface area contributed by atoms with Gasteiger partial charge in [-0.2, -0.15) is 13.2 Å². The summed E-state index contributed by atoms with van der Waals surface area (Å²) in [6, 6.07) is 10.4. The van der Waals surface area contributed by atoms with Gasteiger partial charge in [-0.25, -0.2) is 19.6 Å². The van der Waals surface area contributed by atoms with Crippen molar-refractivity contribution >= 4 is 28.8 Å². The van der Waals surface area contributed by atoms with Crippen molar-refractivity contribution in [3.63, 3.8) is 0 Å². The molecular formula is C23H21F3N4O5. The highest BCUT2D eigenvalue weighted by molar-refractivity contribution is 5.92. The number of fused-ring (bicyclic) bond motifs is 1. The number of piperazine rings is 1. The van der Waals surface area contributed by atoms with Gasteiger partial charge >= 0.3 is 18.2 Å². The molecule has 0 bridgehead atoms. The van der Waals surface area contributed by atoms with Crippen molar-refractivity contribution < 1.29 is 37.7 Å². The molecule has 1 atom stereocenters. The van der Waals surface area contributed by atoms with Crippen LogP contribution in [0.15, 0.2) is 42.5 Å². The fourth-order valence-corrected chi connectivity index (χ4v) is 3.94. The number of halogens is 3. The molecule has 4 rings (SSSR count). The summed E-state index contributed by atoms with van der Waals surface area (Å²) in [7, 11) is 0. The van der Waals surface area contributed by atoms with Crippen molar-refractivity contribution in [3.8, 4) is 17.1 Å². The Morgan fingerprint density at radius 3 is 2.57 bits per heavy atom. The number of aliphatic hydroxyl groups excluding tert-OH is 1. The highest BCUT2D eigenvalue weighted by atomic mass is 19.4. The predicted octanol–water partition coefficient (Wildman–Crippen LogP) is 3.23. The fourth-order valence-electron chi connectivity index (χ4n) is 3.94. The molecule has 0 radical (unpaired) electrons. The third-order valence-corrected chi connectivity index (χ3v) is 5.63. The molecule has 1 aliphatic heterocycles. The first-order chi connectivity index (χ1) is 16.6. The van der Waals surface area contributed by atoms with Crippen molar-refractivity contribution in [3.05, 3.63) is 48.0 Å². The fraction of sp³-hybridized carbons (Fsp3) is 0.304. The average molecular weight is 490 g/mol. The number of esters is 1. The molecule has 1 amide bonds. The molecule has 2 N–H and O–H groups in total. The normalized spacial score (nSPS) is 16.4. The Morgan fingerprint density at radius 2 is 1.89 bits per heavy atom. The van der Waals surface area contributed by atoms with Gasteiger partial charge < -0.3 is 19.8 Å². The lowest BCUT2D eigenvalue weighted by molar-refractivity contribution is -0.189. The molecule has 0 saturated carbocycles. The van der Waals surface area contributed by atoms with E-state index < -0.39 is 30.9 Å². The summed E-state index contributed by atoms with van der Waals surface area (Å²) in [5, 5.41) is 19.8. The summed E-state index contributed by atoms with van der Waals surface area (Å²) in [4.78, 5) is 35.0. The zero-order valence-electron chi connectivity index (χ0n) is 18.5. The second-order valence-electron chi connectivity index (χ2n) is 8.03. The number of benzene rings is 2. The van der Waals surface area contributed by atoms with Gasteiger partial charge in [0.25, 0.3) is 0 Å². The van der Waals surface area contributed by atoms with Crippen molar-refractivity contribution in [2.24, 2.45) is 0 Å². The molecule has 12 heteroatoms. The van der Waals surface area contributed by atoms with E-state index in [1.54, 1.807) is 23.1 Å². The van der Waals surface area contributed by atoms with Crippen LogP contribution in [-0.2, 0) is 4.79 Å². The van der Waals surface area contributed by atoms with Crippen LogP contribution in [0.5, 0.6) is 5.75 Å². The smallest absolute Gasteiger partial charge is 0.465 e. The minimum absolute atomic E-state index is 0.0323. The van der Waals surface area contributed by atoms with E-state index in [1.807, 2.05) is 13.0 Å². The largest absolute Gasteiger partial charge is 0.491 e. The maximum Gasteiger partial charge on any atom is 0.491 e. The zero-order valence-corrected chi connectivity index (χ0v) is 18.5. The molecule has 1 aliphatic rings. The first-order valence-electron chi connectivity index (χ1n) is 10.6. The molecule has 1 unspecified atom stereocenters. The van der Waals surface area contributed by atoms with Crippen LogP contribution in [0.25, 0.3) is 22.3 Å². The highest BCUT2D eigenvalue weighted by Crippen LogP contribution is 2.34. The van der Waals surface area contributed by atoms with E-state index in [9.17, 15) is 33.0 Å². The number of hydrogen-bond donors (Lipinski definition) is 2. The summed E-state index contributed by atoms with van der Waals surface area (Å²) in [5.41, 5.74) is 1.47. The molecule has 0 spiro atoms. The molecule has 1 aromatic heterocycles. The van der Waals surface area contributed by atoms with Gasteiger partial charge in [0, 0.05) is 25.0 Å². The van der Waals surface area contributed by atoms with Crippen LogP contribution < -0.4 is 9.64 Å². The number of nitrogens with zero attached hydrogens (tertiary/aromatic N) is 4. The van der Waals surface area contributed by atoms with E-state index in [-0.39, 0.29) is 36.8 Å². The molecule has 1 saturated heterocycles. The summed E-state index contributed by atoms with van der Waals surface area (Å²) in [6.07, 6.45) is -6.32. The van der Waals surface area contributed by atoms with Crippen LogP contribution in [0.1, 0.15) is 5.56 Å². The van der Waals surface area contributed by atoms with Gasteiger partial charge in [-0.05, 0) is 36.8 Å². The number of hydrogen-bond acceptors (Lipinski definition) is 7. The van der Waals surface area contributed by atoms with Gasteiger partial charge in [-0.15, -0.1) is 0 Å².